The van der Waals surface area contributed by atoms with Crippen molar-refractivity contribution in [2.24, 2.45) is 0 Å². The van der Waals surface area contributed by atoms with E-state index in [1.54, 1.807) is 7.05 Å². The number of amides is 1. The Morgan fingerprint density at radius 1 is 1.33 bits per heavy atom. The molecule has 0 saturated heterocycles. The zero-order valence-electron chi connectivity index (χ0n) is 11.6. The SMILES string of the molecule is CNC(=O)CCCNCCCn1nc(C)cc1C. The van der Waals surface area contributed by atoms with E-state index in [1.807, 2.05) is 11.6 Å². The van der Waals surface area contributed by atoms with Gasteiger partial charge in [0.05, 0.1) is 5.69 Å². The molecule has 2 N–H and O–H groups in total. The Balaban J connectivity index is 2.02. The maximum absolute atomic E-state index is 11.0. The van der Waals surface area contributed by atoms with Crippen molar-refractivity contribution in [3.05, 3.63) is 17.5 Å². The minimum absolute atomic E-state index is 0.111. The van der Waals surface area contributed by atoms with E-state index in [0.717, 1.165) is 38.2 Å². The molecular weight excluding hydrogens is 228 g/mol. The lowest BCUT2D eigenvalue weighted by molar-refractivity contribution is -0.120. The lowest BCUT2D eigenvalue weighted by Crippen LogP contribution is -2.22. The first-order chi connectivity index (χ1) is 8.63. The average Bonchev–Trinajstić information content (AvgIpc) is 2.66. The second-order valence-corrected chi connectivity index (χ2v) is 4.53. The highest BCUT2D eigenvalue weighted by molar-refractivity contribution is 5.75. The molecule has 0 unspecified atom stereocenters. The van der Waals surface area contributed by atoms with Gasteiger partial charge in [0, 0.05) is 25.7 Å². The summed E-state index contributed by atoms with van der Waals surface area (Å²) in [5.41, 5.74) is 2.29. The summed E-state index contributed by atoms with van der Waals surface area (Å²) in [5.74, 6) is 0.111. The Morgan fingerprint density at radius 2 is 2.06 bits per heavy atom. The zero-order chi connectivity index (χ0) is 13.4. The minimum Gasteiger partial charge on any atom is -0.359 e. The number of hydrogen-bond donors (Lipinski definition) is 2. The molecular formula is C13H24N4O. The fourth-order valence-electron chi connectivity index (χ4n) is 1.88. The number of rotatable bonds is 8. The molecule has 0 bridgehead atoms. The smallest absolute Gasteiger partial charge is 0.219 e. The van der Waals surface area contributed by atoms with Crippen molar-refractivity contribution in [3.63, 3.8) is 0 Å². The van der Waals surface area contributed by atoms with Crippen LogP contribution in [0.1, 0.15) is 30.7 Å². The zero-order valence-corrected chi connectivity index (χ0v) is 11.6. The molecule has 1 aromatic heterocycles. The first-order valence-corrected chi connectivity index (χ1v) is 6.56. The van der Waals surface area contributed by atoms with Gasteiger partial charge < -0.3 is 10.6 Å². The molecule has 0 spiro atoms. The number of hydrogen-bond acceptors (Lipinski definition) is 3. The Morgan fingerprint density at radius 3 is 2.67 bits per heavy atom. The molecule has 0 aliphatic carbocycles. The number of nitrogens with zero attached hydrogens (tertiary/aromatic N) is 2. The minimum atomic E-state index is 0.111. The van der Waals surface area contributed by atoms with Crippen molar-refractivity contribution < 1.29 is 4.79 Å². The van der Waals surface area contributed by atoms with E-state index in [4.69, 9.17) is 0 Å². The third-order valence-corrected chi connectivity index (χ3v) is 2.86. The molecule has 0 radical (unpaired) electrons. The van der Waals surface area contributed by atoms with Gasteiger partial charge in [0.25, 0.3) is 0 Å². The predicted octanol–water partition coefficient (Wildman–Crippen LogP) is 1.01. The number of aryl methyl sites for hydroxylation is 3. The van der Waals surface area contributed by atoms with E-state index in [1.165, 1.54) is 5.69 Å². The molecule has 1 aromatic rings. The van der Waals surface area contributed by atoms with Crippen molar-refractivity contribution in [2.45, 2.75) is 39.7 Å². The molecule has 0 saturated carbocycles. The molecule has 102 valence electrons. The lowest BCUT2D eigenvalue weighted by atomic mass is 10.3. The molecule has 1 rings (SSSR count). The van der Waals surface area contributed by atoms with Crippen LogP contribution in [0.25, 0.3) is 0 Å². The van der Waals surface area contributed by atoms with Gasteiger partial charge in [0.15, 0.2) is 0 Å². The largest absolute Gasteiger partial charge is 0.359 e. The Kier molecular flexibility index (Phi) is 6.43. The van der Waals surface area contributed by atoms with Crippen LogP contribution in [-0.2, 0) is 11.3 Å². The van der Waals surface area contributed by atoms with Crippen LogP contribution in [0.4, 0.5) is 0 Å². The van der Waals surface area contributed by atoms with E-state index >= 15 is 0 Å². The summed E-state index contributed by atoms with van der Waals surface area (Å²) in [6.45, 7) is 6.90. The van der Waals surface area contributed by atoms with Gasteiger partial charge in [-0.15, -0.1) is 0 Å². The van der Waals surface area contributed by atoms with Crippen LogP contribution in [0.3, 0.4) is 0 Å². The van der Waals surface area contributed by atoms with Crippen LogP contribution >= 0.6 is 0 Å². The van der Waals surface area contributed by atoms with Crippen LogP contribution in [0.2, 0.25) is 0 Å². The Hall–Kier alpha value is -1.36. The summed E-state index contributed by atoms with van der Waals surface area (Å²) in [4.78, 5) is 11.0. The van der Waals surface area contributed by atoms with Crippen molar-refractivity contribution in [1.82, 2.24) is 20.4 Å². The van der Waals surface area contributed by atoms with E-state index in [2.05, 4.69) is 28.7 Å². The Bertz CT molecular complexity index is 373. The highest BCUT2D eigenvalue weighted by Gasteiger charge is 2.00. The monoisotopic (exact) mass is 252 g/mol. The number of aromatic nitrogens is 2. The van der Waals surface area contributed by atoms with E-state index in [9.17, 15) is 4.79 Å². The van der Waals surface area contributed by atoms with E-state index in [-0.39, 0.29) is 5.91 Å². The van der Waals surface area contributed by atoms with Crippen LogP contribution < -0.4 is 10.6 Å². The highest BCUT2D eigenvalue weighted by atomic mass is 16.1. The van der Waals surface area contributed by atoms with Gasteiger partial charge in [0.2, 0.25) is 5.91 Å². The first kappa shape index (κ1) is 14.7. The molecule has 0 aliphatic heterocycles. The summed E-state index contributed by atoms with van der Waals surface area (Å²) in [5, 5.41) is 10.4. The van der Waals surface area contributed by atoms with E-state index in [0.29, 0.717) is 6.42 Å². The molecule has 5 nitrogen and oxygen atoms in total. The number of carbonyl (C=O) groups excluding carboxylic acids is 1. The van der Waals surface area contributed by atoms with Gasteiger partial charge in [-0.25, -0.2) is 0 Å². The highest BCUT2D eigenvalue weighted by Crippen LogP contribution is 2.02. The van der Waals surface area contributed by atoms with Crippen LogP contribution in [0.15, 0.2) is 6.07 Å². The summed E-state index contributed by atoms with van der Waals surface area (Å²) < 4.78 is 2.04. The van der Waals surface area contributed by atoms with Crippen LogP contribution in [-0.4, -0.2) is 35.8 Å². The number of carbonyl (C=O) groups is 1. The quantitative estimate of drug-likeness (QED) is 0.679. The topological polar surface area (TPSA) is 59.0 Å². The van der Waals surface area contributed by atoms with Gasteiger partial charge in [-0.05, 0) is 45.8 Å². The molecule has 0 fully saturated rings. The van der Waals surface area contributed by atoms with Crippen molar-refractivity contribution in [1.29, 1.82) is 0 Å². The predicted molar refractivity (Wildman–Crippen MR) is 72.5 cm³/mol. The third-order valence-electron chi connectivity index (χ3n) is 2.86. The average molecular weight is 252 g/mol. The molecule has 1 heterocycles. The third kappa shape index (κ3) is 5.31. The molecule has 18 heavy (non-hydrogen) atoms. The van der Waals surface area contributed by atoms with Crippen LogP contribution in [0.5, 0.6) is 0 Å². The fourth-order valence-corrected chi connectivity index (χ4v) is 1.88. The Labute approximate surface area is 109 Å². The van der Waals surface area contributed by atoms with Gasteiger partial charge in [-0.2, -0.15) is 5.10 Å². The van der Waals surface area contributed by atoms with E-state index < -0.39 is 0 Å². The van der Waals surface area contributed by atoms with Crippen molar-refractivity contribution >= 4 is 5.91 Å². The van der Waals surface area contributed by atoms with Crippen LogP contribution in [0, 0.1) is 13.8 Å². The molecule has 0 aliphatic rings. The molecule has 0 aromatic carbocycles. The van der Waals surface area contributed by atoms with Crippen molar-refractivity contribution in [2.75, 3.05) is 20.1 Å². The molecule has 0 atom stereocenters. The maximum Gasteiger partial charge on any atom is 0.219 e. The van der Waals surface area contributed by atoms with Gasteiger partial charge in [-0.3, -0.25) is 9.48 Å². The maximum atomic E-state index is 11.0. The second kappa shape index (κ2) is 7.87. The van der Waals surface area contributed by atoms with Crippen molar-refractivity contribution in [3.8, 4) is 0 Å². The molecule has 5 heteroatoms. The van der Waals surface area contributed by atoms with Gasteiger partial charge >= 0.3 is 0 Å². The normalized spacial score (nSPS) is 10.6. The second-order valence-electron chi connectivity index (χ2n) is 4.53. The fraction of sp³-hybridized carbons (Fsp3) is 0.692. The number of nitrogens with one attached hydrogen (secondary N) is 2. The molecule has 1 amide bonds. The summed E-state index contributed by atoms with van der Waals surface area (Å²) >= 11 is 0. The van der Waals surface area contributed by atoms with Gasteiger partial charge in [-0.1, -0.05) is 0 Å². The first-order valence-electron chi connectivity index (χ1n) is 6.56. The standard InChI is InChI=1S/C13H24N4O/c1-11-10-12(2)17(16-11)9-5-8-15-7-4-6-13(18)14-3/h10,15H,4-9H2,1-3H3,(H,14,18). The summed E-state index contributed by atoms with van der Waals surface area (Å²) in [6, 6.07) is 2.09. The summed E-state index contributed by atoms with van der Waals surface area (Å²) in [6.07, 6.45) is 2.54. The lowest BCUT2D eigenvalue weighted by Gasteiger charge is -2.06. The summed E-state index contributed by atoms with van der Waals surface area (Å²) in [7, 11) is 1.67. The van der Waals surface area contributed by atoms with Gasteiger partial charge in [0.1, 0.15) is 0 Å².